The van der Waals surface area contributed by atoms with E-state index in [2.05, 4.69) is 49.1 Å². The van der Waals surface area contributed by atoms with Crippen molar-refractivity contribution in [3.05, 3.63) is 35.0 Å². The third-order valence-corrected chi connectivity index (χ3v) is 2.88. The van der Waals surface area contributed by atoms with Gasteiger partial charge in [-0.2, -0.15) is 0 Å². The highest BCUT2D eigenvalue weighted by Gasteiger charge is 2.08. The van der Waals surface area contributed by atoms with Crippen LogP contribution in [-0.4, -0.2) is 11.6 Å². The minimum atomic E-state index is 0.932. The van der Waals surface area contributed by atoms with Gasteiger partial charge in [-0.25, -0.2) is 0 Å². The third kappa shape index (κ3) is 1.65. The van der Waals surface area contributed by atoms with Crippen molar-refractivity contribution in [2.75, 3.05) is 7.05 Å². The van der Waals surface area contributed by atoms with Crippen molar-refractivity contribution in [2.45, 2.75) is 20.4 Å². The van der Waals surface area contributed by atoms with Crippen LogP contribution in [-0.2, 0) is 13.6 Å². The lowest BCUT2D eigenvalue weighted by Gasteiger charge is -2.03. The first-order chi connectivity index (χ1) is 7.13. The van der Waals surface area contributed by atoms with E-state index < -0.39 is 0 Å². The fourth-order valence-electron chi connectivity index (χ4n) is 2.33. The van der Waals surface area contributed by atoms with E-state index >= 15 is 0 Å². The van der Waals surface area contributed by atoms with E-state index in [4.69, 9.17) is 0 Å². The van der Waals surface area contributed by atoms with Gasteiger partial charge in [0.15, 0.2) is 0 Å². The first-order valence-corrected chi connectivity index (χ1v) is 5.33. The summed E-state index contributed by atoms with van der Waals surface area (Å²) in [6.45, 7) is 5.27. The van der Waals surface area contributed by atoms with Gasteiger partial charge in [-0.15, -0.1) is 0 Å². The van der Waals surface area contributed by atoms with Crippen LogP contribution in [0.5, 0.6) is 0 Å². The van der Waals surface area contributed by atoms with Gasteiger partial charge in [-0.3, -0.25) is 0 Å². The fraction of sp³-hybridized carbons (Fsp3) is 0.385. The Morgan fingerprint density at radius 2 is 2.00 bits per heavy atom. The van der Waals surface area contributed by atoms with Crippen molar-refractivity contribution in [2.24, 2.45) is 7.05 Å². The summed E-state index contributed by atoms with van der Waals surface area (Å²) >= 11 is 0. The number of aromatic nitrogens is 1. The number of rotatable bonds is 2. The molecular formula is C13H18N2. The zero-order valence-corrected chi connectivity index (χ0v) is 9.89. The number of benzene rings is 1. The predicted molar refractivity (Wildman–Crippen MR) is 65.2 cm³/mol. The smallest absolute Gasteiger partial charge is 0.0486 e. The Morgan fingerprint density at radius 1 is 1.27 bits per heavy atom. The molecule has 0 aliphatic carbocycles. The molecule has 0 radical (unpaired) electrons. The second-order valence-corrected chi connectivity index (χ2v) is 4.27. The van der Waals surface area contributed by atoms with Crippen LogP contribution >= 0.6 is 0 Å². The molecule has 0 saturated heterocycles. The average molecular weight is 202 g/mol. The van der Waals surface area contributed by atoms with Gasteiger partial charge in [-0.1, -0.05) is 6.07 Å². The lowest BCUT2D eigenvalue weighted by molar-refractivity contribution is 0.815. The first-order valence-electron chi connectivity index (χ1n) is 5.33. The minimum Gasteiger partial charge on any atom is -0.350 e. The molecule has 0 aliphatic heterocycles. The maximum Gasteiger partial charge on any atom is 0.0486 e. The van der Waals surface area contributed by atoms with Gasteiger partial charge >= 0.3 is 0 Å². The molecule has 0 amide bonds. The summed E-state index contributed by atoms with van der Waals surface area (Å²) in [5.74, 6) is 0. The maximum atomic E-state index is 3.22. The fourth-order valence-corrected chi connectivity index (χ4v) is 2.33. The Bertz CT molecular complexity index is 495. The molecule has 1 aromatic carbocycles. The highest BCUT2D eigenvalue weighted by molar-refractivity contribution is 5.87. The van der Waals surface area contributed by atoms with Crippen molar-refractivity contribution >= 4 is 10.9 Å². The van der Waals surface area contributed by atoms with Gasteiger partial charge < -0.3 is 9.88 Å². The number of hydrogen-bond donors (Lipinski definition) is 1. The number of hydrogen-bond acceptors (Lipinski definition) is 1. The summed E-state index contributed by atoms with van der Waals surface area (Å²) in [5, 5.41) is 4.62. The molecule has 0 atom stereocenters. The molecule has 0 unspecified atom stereocenters. The zero-order chi connectivity index (χ0) is 11.0. The van der Waals surface area contributed by atoms with Crippen molar-refractivity contribution in [3.63, 3.8) is 0 Å². The van der Waals surface area contributed by atoms with E-state index in [1.54, 1.807) is 0 Å². The summed E-state index contributed by atoms with van der Waals surface area (Å²) < 4.78 is 2.21. The van der Waals surface area contributed by atoms with Crippen LogP contribution in [0.1, 0.15) is 16.7 Å². The van der Waals surface area contributed by atoms with Crippen LogP contribution in [0.25, 0.3) is 10.9 Å². The molecule has 0 bridgehead atoms. The van der Waals surface area contributed by atoms with Gasteiger partial charge in [0.25, 0.3) is 0 Å². The second kappa shape index (κ2) is 3.70. The van der Waals surface area contributed by atoms with Crippen molar-refractivity contribution < 1.29 is 0 Å². The minimum absolute atomic E-state index is 0.932. The number of nitrogens with zero attached hydrogens (tertiary/aromatic N) is 1. The Balaban J connectivity index is 2.75. The van der Waals surface area contributed by atoms with E-state index in [0.29, 0.717) is 0 Å². The SMILES string of the molecule is CNCc1cn(C)c2cc(C)cc(C)c12. The number of nitrogens with one attached hydrogen (secondary N) is 1. The molecule has 0 fully saturated rings. The molecule has 0 spiro atoms. The molecule has 2 rings (SSSR count). The Kier molecular flexibility index (Phi) is 2.53. The lowest BCUT2D eigenvalue weighted by Crippen LogP contribution is -2.04. The molecule has 1 aromatic heterocycles. The molecular weight excluding hydrogens is 184 g/mol. The van der Waals surface area contributed by atoms with E-state index in [9.17, 15) is 0 Å². The van der Waals surface area contributed by atoms with E-state index in [-0.39, 0.29) is 0 Å². The molecule has 0 aliphatic rings. The average Bonchev–Trinajstić information content (AvgIpc) is 2.44. The monoisotopic (exact) mass is 202 g/mol. The highest BCUT2D eigenvalue weighted by Crippen LogP contribution is 2.25. The van der Waals surface area contributed by atoms with Crippen LogP contribution in [0.15, 0.2) is 18.3 Å². The Hall–Kier alpha value is -1.28. The van der Waals surface area contributed by atoms with Crippen LogP contribution in [0.2, 0.25) is 0 Å². The zero-order valence-electron chi connectivity index (χ0n) is 9.89. The van der Waals surface area contributed by atoms with E-state index in [1.165, 1.54) is 27.6 Å². The van der Waals surface area contributed by atoms with Crippen LogP contribution in [0.3, 0.4) is 0 Å². The van der Waals surface area contributed by atoms with Crippen molar-refractivity contribution in [1.29, 1.82) is 0 Å². The Labute approximate surface area is 90.9 Å². The van der Waals surface area contributed by atoms with Crippen LogP contribution in [0, 0.1) is 13.8 Å². The standard InChI is InChI=1S/C13H18N2/c1-9-5-10(2)13-11(7-14-3)8-15(4)12(13)6-9/h5-6,8,14H,7H2,1-4H3. The summed E-state index contributed by atoms with van der Waals surface area (Å²) in [5.41, 5.74) is 5.42. The van der Waals surface area contributed by atoms with Crippen molar-refractivity contribution in [1.82, 2.24) is 9.88 Å². The number of aryl methyl sites for hydroxylation is 3. The largest absolute Gasteiger partial charge is 0.350 e. The maximum absolute atomic E-state index is 3.22. The summed E-state index contributed by atoms with van der Waals surface area (Å²) in [6, 6.07) is 4.50. The normalized spacial score (nSPS) is 11.2. The lowest BCUT2D eigenvalue weighted by atomic mass is 10.0. The molecule has 80 valence electrons. The van der Waals surface area contributed by atoms with Crippen LogP contribution < -0.4 is 5.32 Å². The summed E-state index contributed by atoms with van der Waals surface area (Å²) in [7, 11) is 4.10. The van der Waals surface area contributed by atoms with Gasteiger partial charge in [0.2, 0.25) is 0 Å². The summed E-state index contributed by atoms with van der Waals surface area (Å²) in [6.07, 6.45) is 2.22. The topological polar surface area (TPSA) is 17.0 Å². The predicted octanol–water partition coefficient (Wildman–Crippen LogP) is 2.51. The van der Waals surface area contributed by atoms with Gasteiger partial charge in [0.05, 0.1) is 0 Å². The Morgan fingerprint density at radius 3 is 2.67 bits per heavy atom. The van der Waals surface area contributed by atoms with Gasteiger partial charge in [0.1, 0.15) is 0 Å². The summed E-state index contributed by atoms with van der Waals surface area (Å²) in [4.78, 5) is 0. The molecule has 15 heavy (non-hydrogen) atoms. The molecule has 1 N–H and O–H groups in total. The second-order valence-electron chi connectivity index (χ2n) is 4.27. The quantitative estimate of drug-likeness (QED) is 0.791. The van der Waals surface area contributed by atoms with Crippen LogP contribution in [0.4, 0.5) is 0 Å². The van der Waals surface area contributed by atoms with Gasteiger partial charge in [-0.05, 0) is 43.7 Å². The van der Waals surface area contributed by atoms with E-state index in [0.717, 1.165) is 6.54 Å². The van der Waals surface area contributed by atoms with E-state index in [1.807, 2.05) is 7.05 Å². The molecule has 2 nitrogen and oxygen atoms in total. The first kappa shape index (κ1) is 10.2. The third-order valence-electron chi connectivity index (χ3n) is 2.88. The molecule has 2 aromatic rings. The molecule has 1 heterocycles. The highest BCUT2D eigenvalue weighted by atomic mass is 14.9. The van der Waals surface area contributed by atoms with Crippen molar-refractivity contribution in [3.8, 4) is 0 Å². The van der Waals surface area contributed by atoms with Gasteiger partial charge in [0, 0.05) is 30.7 Å². The number of fused-ring (bicyclic) bond motifs is 1. The molecule has 2 heteroatoms. The molecule has 0 saturated carbocycles.